The van der Waals surface area contributed by atoms with Crippen LogP contribution in [0.15, 0.2) is 0 Å². The fourth-order valence-electron chi connectivity index (χ4n) is 4.13. The lowest BCUT2D eigenvalue weighted by atomic mass is 9.95. The number of methoxy groups -OCH3 is 2. The van der Waals surface area contributed by atoms with Crippen molar-refractivity contribution in [2.24, 2.45) is 0 Å². The average Bonchev–Trinajstić information content (AvgIpc) is 2.80. The standard InChI is InChI=1S/C16H28O4/c1-17-15-11-7-3-5-9-13(15)20-16(18-2)12-8-4-6-10-14(16)19-15/h13-14H,3-12H2,1-2H3. The van der Waals surface area contributed by atoms with Crippen LogP contribution in [0, 0.1) is 0 Å². The van der Waals surface area contributed by atoms with Crippen LogP contribution in [-0.2, 0) is 18.9 Å². The molecule has 116 valence electrons. The molecule has 0 N–H and O–H groups in total. The van der Waals surface area contributed by atoms with E-state index in [2.05, 4.69) is 0 Å². The first-order valence-electron chi connectivity index (χ1n) is 8.21. The normalized spacial score (nSPS) is 45.9. The highest BCUT2D eigenvalue weighted by molar-refractivity contribution is 4.96. The molecule has 0 radical (unpaired) electrons. The molecular weight excluding hydrogens is 256 g/mol. The Kier molecular flexibility index (Phi) is 4.37. The molecule has 4 nitrogen and oxygen atoms in total. The van der Waals surface area contributed by atoms with Gasteiger partial charge in [-0.05, 0) is 25.7 Å². The molecule has 3 rings (SSSR count). The van der Waals surface area contributed by atoms with Gasteiger partial charge in [-0.25, -0.2) is 0 Å². The molecule has 20 heavy (non-hydrogen) atoms. The van der Waals surface area contributed by atoms with E-state index < -0.39 is 11.6 Å². The largest absolute Gasteiger partial charge is 0.351 e. The molecule has 2 aliphatic carbocycles. The van der Waals surface area contributed by atoms with Gasteiger partial charge in [-0.15, -0.1) is 0 Å². The number of fused-ring (bicyclic) bond motifs is 2. The van der Waals surface area contributed by atoms with E-state index in [1.165, 1.54) is 25.7 Å². The molecule has 1 saturated heterocycles. The third-order valence-electron chi connectivity index (χ3n) is 5.34. The Morgan fingerprint density at radius 2 is 1.15 bits per heavy atom. The summed E-state index contributed by atoms with van der Waals surface area (Å²) < 4.78 is 24.7. The maximum Gasteiger partial charge on any atom is 0.195 e. The van der Waals surface area contributed by atoms with E-state index in [1.807, 2.05) is 0 Å². The zero-order valence-electron chi connectivity index (χ0n) is 12.9. The number of hydrogen-bond donors (Lipinski definition) is 0. The van der Waals surface area contributed by atoms with Crippen LogP contribution < -0.4 is 0 Å². The Balaban J connectivity index is 1.89. The summed E-state index contributed by atoms with van der Waals surface area (Å²) in [6.07, 6.45) is 11.0. The lowest BCUT2D eigenvalue weighted by Gasteiger charge is -2.53. The zero-order valence-corrected chi connectivity index (χ0v) is 12.9. The molecule has 1 heterocycles. The Labute approximate surface area is 122 Å². The van der Waals surface area contributed by atoms with Crippen LogP contribution >= 0.6 is 0 Å². The molecule has 0 amide bonds. The van der Waals surface area contributed by atoms with Gasteiger partial charge in [-0.1, -0.05) is 25.7 Å². The fraction of sp³-hybridized carbons (Fsp3) is 1.00. The quantitative estimate of drug-likeness (QED) is 0.779. The van der Waals surface area contributed by atoms with E-state index in [9.17, 15) is 0 Å². The van der Waals surface area contributed by atoms with Crippen molar-refractivity contribution < 1.29 is 18.9 Å². The molecule has 3 aliphatic rings. The minimum atomic E-state index is -0.548. The summed E-state index contributed by atoms with van der Waals surface area (Å²) in [6, 6.07) is 0. The van der Waals surface area contributed by atoms with Gasteiger partial charge in [0.15, 0.2) is 11.6 Å². The fourth-order valence-corrected chi connectivity index (χ4v) is 4.13. The molecule has 0 bridgehead atoms. The molecule has 0 aromatic heterocycles. The Morgan fingerprint density at radius 1 is 0.700 bits per heavy atom. The monoisotopic (exact) mass is 284 g/mol. The number of rotatable bonds is 2. The molecule has 0 aromatic rings. The van der Waals surface area contributed by atoms with Gasteiger partial charge < -0.3 is 18.9 Å². The minimum absolute atomic E-state index is 0.00398. The molecule has 2 saturated carbocycles. The first-order chi connectivity index (χ1) is 9.75. The third kappa shape index (κ3) is 2.41. The minimum Gasteiger partial charge on any atom is -0.351 e. The van der Waals surface area contributed by atoms with Crippen LogP contribution in [0.3, 0.4) is 0 Å². The molecule has 3 fully saturated rings. The van der Waals surface area contributed by atoms with E-state index in [4.69, 9.17) is 18.9 Å². The number of hydrogen-bond acceptors (Lipinski definition) is 4. The van der Waals surface area contributed by atoms with Crippen molar-refractivity contribution in [2.75, 3.05) is 14.2 Å². The molecule has 0 spiro atoms. The predicted octanol–water partition coefficient (Wildman–Crippen LogP) is 3.38. The summed E-state index contributed by atoms with van der Waals surface area (Å²) in [5.41, 5.74) is 0. The zero-order chi connectivity index (χ0) is 14.1. The second kappa shape index (κ2) is 5.91. The van der Waals surface area contributed by atoms with Gasteiger partial charge in [-0.2, -0.15) is 0 Å². The van der Waals surface area contributed by atoms with Crippen molar-refractivity contribution in [3.8, 4) is 0 Å². The van der Waals surface area contributed by atoms with Crippen molar-refractivity contribution in [2.45, 2.75) is 88.0 Å². The molecule has 4 heteroatoms. The van der Waals surface area contributed by atoms with Crippen LogP contribution in [0.2, 0.25) is 0 Å². The van der Waals surface area contributed by atoms with Gasteiger partial charge in [0.2, 0.25) is 0 Å². The topological polar surface area (TPSA) is 36.9 Å². The van der Waals surface area contributed by atoms with E-state index >= 15 is 0 Å². The predicted molar refractivity (Wildman–Crippen MR) is 75.4 cm³/mol. The Morgan fingerprint density at radius 3 is 1.55 bits per heavy atom. The first-order valence-corrected chi connectivity index (χ1v) is 8.21. The van der Waals surface area contributed by atoms with E-state index in [0.29, 0.717) is 0 Å². The summed E-state index contributed by atoms with van der Waals surface area (Å²) in [5.74, 6) is -1.10. The summed E-state index contributed by atoms with van der Waals surface area (Å²) in [4.78, 5) is 0. The molecule has 0 aromatic carbocycles. The highest BCUT2D eigenvalue weighted by Gasteiger charge is 2.57. The molecule has 4 unspecified atom stereocenters. The average molecular weight is 284 g/mol. The van der Waals surface area contributed by atoms with E-state index in [1.54, 1.807) is 14.2 Å². The van der Waals surface area contributed by atoms with Gasteiger partial charge in [0.1, 0.15) is 12.2 Å². The second-order valence-electron chi connectivity index (χ2n) is 6.44. The molecule has 4 atom stereocenters. The SMILES string of the molecule is COC12CCCCCC1OC1(OC)CCCCCC1O2. The highest BCUT2D eigenvalue weighted by Crippen LogP contribution is 2.47. The summed E-state index contributed by atoms with van der Waals surface area (Å²) in [6.45, 7) is 0. The lowest BCUT2D eigenvalue weighted by molar-refractivity contribution is -0.434. The highest BCUT2D eigenvalue weighted by atomic mass is 16.8. The van der Waals surface area contributed by atoms with Gasteiger partial charge in [0.05, 0.1) is 0 Å². The van der Waals surface area contributed by atoms with Crippen molar-refractivity contribution in [3.63, 3.8) is 0 Å². The van der Waals surface area contributed by atoms with Gasteiger partial charge in [-0.3, -0.25) is 0 Å². The van der Waals surface area contributed by atoms with Gasteiger partial charge >= 0.3 is 0 Å². The van der Waals surface area contributed by atoms with Gasteiger partial charge in [0.25, 0.3) is 0 Å². The summed E-state index contributed by atoms with van der Waals surface area (Å²) in [7, 11) is 3.52. The maximum absolute atomic E-state index is 6.51. The van der Waals surface area contributed by atoms with Crippen LogP contribution in [0.4, 0.5) is 0 Å². The maximum atomic E-state index is 6.51. The molecule has 1 aliphatic heterocycles. The van der Waals surface area contributed by atoms with Crippen molar-refractivity contribution in [3.05, 3.63) is 0 Å². The van der Waals surface area contributed by atoms with Crippen molar-refractivity contribution in [1.82, 2.24) is 0 Å². The third-order valence-corrected chi connectivity index (χ3v) is 5.34. The van der Waals surface area contributed by atoms with E-state index in [0.717, 1.165) is 38.5 Å². The first kappa shape index (κ1) is 14.8. The van der Waals surface area contributed by atoms with Crippen LogP contribution in [0.1, 0.15) is 64.2 Å². The second-order valence-corrected chi connectivity index (χ2v) is 6.44. The lowest BCUT2D eigenvalue weighted by Crippen LogP contribution is -2.64. The van der Waals surface area contributed by atoms with Gasteiger partial charge in [0, 0.05) is 27.1 Å². The Hall–Kier alpha value is -0.160. The summed E-state index contributed by atoms with van der Waals surface area (Å²) >= 11 is 0. The van der Waals surface area contributed by atoms with Crippen LogP contribution in [0.25, 0.3) is 0 Å². The molecular formula is C16H28O4. The van der Waals surface area contributed by atoms with Crippen molar-refractivity contribution >= 4 is 0 Å². The Bertz CT molecular complexity index is 302. The smallest absolute Gasteiger partial charge is 0.195 e. The van der Waals surface area contributed by atoms with E-state index in [-0.39, 0.29) is 12.2 Å². The van der Waals surface area contributed by atoms with Crippen LogP contribution in [0.5, 0.6) is 0 Å². The number of ether oxygens (including phenoxy) is 4. The summed E-state index contributed by atoms with van der Waals surface area (Å²) in [5, 5.41) is 0. The van der Waals surface area contributed by atoms with Crippen molar-refractivity contribution in [1.29, 1.82) is 0 Å². The van der Waals surface area contributed by atoms with Crippen LogP contribution in [-0.4, -0.2) is 38.0 Å².